The number of aliphatic hydroxyl groups excluding tert-OH is 1. The molecule has 4 nitrogen and oxygen atoms in total. The Balaban J connectivity index is 3.00. The molecule has 5 heteroatoms. The molecular weight excluding hydrogens is 189 g/mol. The van der Waals surface area contributed by atoms with Crippen LogP contribution in [0.25, 0.3) is 0 Å². The van der Waals surface area contributed by atoms with E-state index in [1.165, 1.54) is 6.07 Å². The van der Waals surface area contributed by atoms with Gasteiger partial charge < -0.3 is 5.11 Å². The lowest BCUT2D eigenvalue weighted by molar-refractivity contribution is -0.387. The van der Waals surface area contributed by atoms with Crippen LogP contribution in [0, 0.1) is 15.9 Å². The van der Waals surface area contributed by atoms with Gasteiger partial charge in [-0.25, -0.2) is 0 Å². The van der Waals surface area contributed by atoms with Crippen LogP contribution in [0.1, 0.15) is 12.5 Å². The predicted molar refractivity (Wildman–Crippen MR) is 48.4 cm³/mol. The smallest absolute Gasteiger partial charge is 0.305 e. The van der Waals surface area contributed by atoms with Gasteiger partial charge in [-0.2, -0.15) is 4.39 Å². The minimum Gasteiger partial charge on any atom is -0.393 e. The van der Waals surface area contributed by atoms with Crippen LogP contribution in [0.4, 0.5) is 10.1 Å². The molecule has 76 valence electrons. The number of nitro benzene ring substituents is 1. The van der Waals surface area contributed by atoms with E-state index >= 15 is 0 Å². The molecule has 0 bridgehead atoms. The lowest BCUT2D eigenvalue weighted by atomic mass is 10.1. The highest BCUT2D eigenvalue weighted by atomic mass is 19.1. The van der Waals surface area contributed by atoms with Crippen molar-refractivity contribution < 1.29 is 14.4 Å². The first-order valence-corrected chi connectivity index (χ1v) is 4.11. The molecule has 0 heterocycles. The Morgan fingerprint density at radius 1 is 1.64 bits per heavy atom. The zero-order valence-electron chi connectivity index (χ0n) is 7.61. The molecule has 0 unspecified atom stereocenters. The van der Waals surface area contributed by atoms with Crippen molar-refractivity contribution >= 4 is 5.69 Å². The van der Waals surface area contributed by atoms with Crippen LogP contribution in [-0.2, 0) is 6.42 Å². The van der Waals surface area contributed by atoms with E-state index < -0.39 is 22.5 Å². The van der Waals surface area contributed by atoms with Crippen LogP contribution in [0.15, 0.2) is 18.2 Å². The summed E-state index contributed by atoms with van der Waals surface area (Å²) in [7, 11) is 0. The van der Waals surface area contributed by atoms with E-state index in [4.69, 9.17) is 5.11 Å². The zero-order chi connectivity index (χ0) is 10.7. The zero-order valence-corrected chi connectivity index (χ0v) is 7.61. The SMILES string of the molecule is C[C@@H](O)Cc1ccc(F)c([N+](=O)[O-])c1. The quantitative estimate of drug-likeness (QED) is 0.594. The molecule has 0 amide bonds. The third-order valence-electron chi connectivity index (χ3n) is 1.74. The van der Waals surface area contributed by atoms with E-state index in [0.717, 1.165) is 12.1 Å². The van der Waals surface area contributed by atoms with Gasteiger partial charge in [0.05, 0.1) is 11.0 Å². The van der Waals surface area contributed by atoms with Gasteiger partial charge in [0.2, 0.25) is 5.82 Å². The molecule has 0 spiro atoms. The maximum absolute atomic E-state index is 12.9. The van der Waals surface area contributed by atoms with Crippen LogP contribution >= 0.6 is 0 Å². The number of hydrogen-bond donors (Lipinski definition) is 1. The van der Waals surface area contributed by atoms with Crippen LogP contribution in [-0.4, -0.2) is 16.1 Å². The standard InChI is InChI=1S/C9H10FNO3/c1-6(12)4-7-2-3-8(10)9(5-7)11(13)14/h2-3,5-6,12H,4H2,1H3/t6-/m1/s1. The number of benzene rings is 1. The summed E-state index contributed by atoms with van der Waals surface area (Å²) in [4.78, 5) is 9.59. The third-order valence-corrected chi connectivity index (χ3v) is 1.74. The largest absolute Gasteiger partial charge is 0.393 e. The highest BCUT2D eigenvalue weighted by Gasteiger charge is 2.14. The second kappa shape index (κ2) is 4.15. The van der Waals surface area contributed by atoms with Gasteiger partial charge in [0.25, 0.3) is 0 Å². The van der Waals surface area contributed by atoms with Crippen LogP contribution in [0.2, 0.25) is 0 Å². The second-order valence-corrected chi connectivity index (χ2v) is 3.10. The van der Waals surface area contributed by atoms with Gasteiger partial charge in [0.15, 0.2) is 0 Å². The molecule has 0 radical (unpaired) electrons. The summed E-state index contributed by atoms with van der Waals surface area (Å²) in [5.41, 5.74) is -0.00347. The summed E-state index contributed by atoms with van der Waals surface area (Å²) >= 11 is 0. The predicted octanol–water partition coefficient (Wildman–Crippen LogP) is 1.66. The first-order valence-electron chi connectivity index (χ1n) is 4.11. The molecule has 0 aliphatic carbocycles. The molecule has 0 saturated carbocycles. The number of rotatable bonds is 3. The van der Waals surface area contributed by atoms with Crippen molar-refractivity contribution in [1.82, 2.24) is 0 Å². The van der Waals surface area contributed by atoms with Crippen molar-refractivity contribution in [3.63, 3.8) is 0 Å². The molecule has 1 rings (SSSR count). The highest BCUT2D eigenvalue weighted by molar-refractivity contribution is 5.36. The lowest BCUT2D eigenvalue weighted by Crippen LogP contribution is -2.05. The van der Waals surface area contributed by atoms with Gasteiger partial charge in [0.1, 0.15) is 0 Å². The van der Waals surface area contributed by atoms with Gasteiger partial charge in [0, 0.05) is 6.07 Å². The van der Waals surface area contributed by atoms with Crippen molar-refractivity contribution in [2.45, 2.75) is 19.4 Å². The minimum absolute atomic E-state index is 0.279. The molecule has 0 fully saturated rings. The summed E-state index contributed by atoms with van der Waals surface area (Å²) in [6, 6.07) is 3.60. The van der Waals surface area contributed by atoms with E-state index in [0.29, 0.717) is 5.56 Å². The average Bonchev–Trinajstić information content (AvgIpc) is 2.07. The molecule has 1 aromatic rings. The van der Waals surface area contributed by atoms with Crippen molar-refractivity contribution in [2.75, 3.05) is 0 Å². The van der Waals surface area contributed by atoms with E-state index in [2.05, 4.69) is 0 Å². The molecule has 0 aromatic heterocycles. The Hall–Kier alpha value is -1.49. The molecule has 1 N–H and O–H groups in total. The van der Waals surface area contributed by atoms with Crippen LogP contribution in [0.5, 0.6) is 0 Å². The molecule has 1 atom stereocenters. The monoisotopic (exact) mass is 199 g/mol. The van der Waals surface area contributed by atoms with Gasteiger partial charge in [-0.1, -0.05) is 6.07 Å². The second-order valence-electron chi connectivity index (χ2n) is 3.10. The number of nitrogens with zero attached hydrogens (tertiary/aromatic N) is 1. The Labute approximate surface area is 80.1 Å². The molecule has 0 saturated heterocycles. The maximum atomic E-state index is 12.9. The highest BCUT2D eigenvalue weighted by Crippen LogP contribution is 2.19. The van der Waals surface area contributed by atoms with Gasteiger partial charge in [-0.05, 0) is 25.0 Å². The summed E-state index contributed by atoms with van der Waals surface area (Å²) < 4.78 is 12.9. The summed E-state index contributed by atoms with van der Waals surface area (Å²) in [5, 5.41) is 19.4. The topological polar surface area (TPSA) is 63.4 Å². The van der Waals surface area contributed by atoms with E-state index in [9.17, 15) is 14.5 Å². The molecule has 0 aliphatic rings. The van der Waals surface area contributed by atoms with Crippen LogP contribution < -0.4 is 0 Å². The van der Waals surface area contributed by atoms with Crippen molar-refractivity contribution in [2.24, 2.45) is 0 Å². The normalized spacial score (nSPS) is 12.5. The molecule has 14 heavy (non-hydrogen) atoms. The average molecular weight is 199 g/mol. The first kappa shape index (κ1) is 10.6. The molecule has 1 aromatic carbocycles. The Kier molecular flexibility index (Phi) is 3.14. The number of hydrogen-bond acceptors (Lipinski definition) is 3. The van der Waals surface area contributed by atoms with E-state index in [1.54, 1.807) is 6.92 Å². The maximum Gasteiger partial charge on any atom is 0.305 e. The van der Waals surface area contributed by atoms with Crippen molar-refractivity contribution in [3.8, 4) is 0 Å². The number of aliphatic hydroxyl groups is 1. The number of nitro groups is 1. The first-order chi connectivity index (χ1) is 6.50. The minimum atomic E-state index is -0.857. The summed E-state index contributed by atoms with van der Waals surface area (Å²) in [6.45, 7) is 1.56. The fourth-order valence-electron chi connectivity index (χ4n) is 1.17. The Morgan fingerprint density at radius 2 is 2.29 bits per heavy atom. The van der Waals surface area contributed by atoms with Crippen molar-refractivity contribution in [1.29, 1.82) is 0 Å². The molecule has 0 aliphatic heterocycles. The summed E-state index contributed by atoms with van der Waals surface area (Å²) in [6.07, 6.45) is -0.318. The fraction of sp³-hybridized carbons (Fsp3) is 0.333. The Bertz CT molecular complexity index is 352. The lowest BCUT2D eigenvalue weighted by Gasteiger charge is -2.03. The van der Waals surface area contributed by atoms with Gasteiger partial charge in [-0.15, -0.1) is 0 Å². The summed E-state index contributed by atoms with van der Waals surface area (Å²) in [5.74, 6) is -0.857. The third kappa shape index (κ3) is 2.50. The van der Waals surface area contributed by atoms with E-state index in [1.807, 2.05) is 0 Å². The Morgan fingerprint density at radius 3 is 2.79 bits per heavy atom. The number of halogens is 1. The van der Waals surface area contributed by atoms with E-state index in [-0.39, 0.29) is 6.42 Å². The van der Waals surface area contributed by atoms with Gasteiger partial charge in [-0.3, -0.25) is 10.1 Å². The van der Waals surface area contributed by atoms with Crippen molar-refractivity contribution in [3.05, 3.63) is 39.7 Å². The van der Waals surface area contributed by atoms with Gasteiger partial charge >= 0.3 is 5.69 Å². The fourth-order valence-corrected chi connectivity index (χ4v) is 1.17. The molecular formula is C9H10FNO3. The van der Waals surface area contributed by atoms with Crippen LogP contribution in [0.3, 0.4) is 0 Å².